The van der Waals surface area contributed by atoms with Crippen LogP contribution in [0.5, 0.6) is 5.75 Å². The zero-order valence-corrected chi connectivity index (χ0v) is 14.7. The summed E-state index contributed by atoms with van der Waals surface area (Å²) in [5.41, 5.74) is -1.00. The highest BCUT2D eigenvalue weighted by Crippen LogP contribution is 2.20. The van der Waals surface area contributed by atoms with E-state index in [1.54, 1.807) is 31.2 Å². The van der Waals surface area contributed by atoms with Crippen molar-refractivity contribution in [3.05, 3.63) is 40.8 Å². The summed E-state index contributed by atoms with van der Waals surface area (Å²) in [7, 11) is 0. The minimum atomic E-state index is -1.05. The van der Waals surface area contributed by atoms with E-state index in [1.165, 1.54) is 6.07 Å². The van der Waals surface area contributed by atoms with Crippen LogP contribution in [0.25, 0.3) is 11.0 Å². The molecular weight excluding hydrogens is 322 g/mol. The van der Waals surface area contributed by atoms with Crippen LogP contribution in [0.1, 0.15) is 39.5 Å². The Morgan fingerprint density at radius 3 is 2.84 bits per heavy atom. The molecular formula is C19H25NO5. The molecule has 1 amide bonds. The lowest BCUT2D eigenvalue weighted by Crippen LogP contribution is -2.41. The zero-order valence-electron chi connectivity index (χ0n) is 14.7. The maximum atomic E-state index is 11.6. The van der Waals surface area contributed by atoms with E-state index in [1.807, 2.05) is 6.92 Å². The summed E-state index contributed by atoms with van der Waals surface area (Å²) in [5.74, 6) is 0.511. The molecule has 0 aliphatic rings. The van der Waals surface area contributed by atoms with Crippen molar-refractivity contribution in [2.75, 3.05) is 13.2 Å². The molecule has 2 aromatic rings. The summed E-state index contributed by atoms with van der Waals surface area (Å²) in [6.45, 7) is 4.15. The molecule has 6 nitrogen and oxygen atoms in total. The van der Waals surface area contributed by atoms with Crippen LogP contribution >= 0.6 is 0 Å². The van der Waals surface area contributed by atoms with Crippen LogP contribution in [-0.4, -0.2) is 29.8 Å². The molecule has 2 rings (SSSR count). The van der Waals surface area contributed by atoms with E-state index in [0.29, 0.717) is 24.2 Å². The third kappa shape index (κ3) is 6.23. The molecule has 1 unspecified atom stereocenters. The van der Waals surface area contributed by atoms with E-state index >= 15 is 0 Å². The van der Waals surface area contributed by atoms with Crippen LogP contribution in [0.15, 0.2) is 39.5 Å². The summed E-state index contributed by atoms with van der Waals surface area (Å²) < 4.78 is 10.7. The molecule has 25 heavy (non-hydrogen) atoms. The predicted octanol–water partition coefficient (Wildman–Crippen LogP) is 2.62. The fourth-order valence-corrected chi connectivity index (χ4v) is 2.32. The van der Waals surface area contributed by atoms with Crippen LogP contribution in [-0.2, 0) is 4.79 Å². The Kier molecular flexibility index (Phi) is 6.58. The summed E-state index contributed by atoms with van der Waals surface area (Å²) in [4.78, 5) is 22.9. The van der Waals surface area contributed by atoms with Gasteiger partial charge >= 0.3 is 5.63 Å². The van der Waals surface area contributed by atoms with Gasteiger partial charge in [-0.25, -0.2) is 4.79 Å². The van der Waals surface area contributed by atoms with Gasteiger partial charge in [-0.2, -0.15) is 0 Å². The third-order valence-corrected chi connectivity index (χ3v) is 3.93. The molecule has 136 valence electrons. The van der Waals surface area contributed by atoms with Gasteiger partial charge < -0.3 is 19.6 Å². The normalized spacial score (nSPS) is 13.4. The van der Waals surface area contributed by atoms with E-state index < -0.39 is 11.2 Å². The molecule has 2 N–H and O–H groups in total. The minimum absolute atomic E-state index is 0.0485. The molecule has 0 bridgehead atoms. The van der Waals surface area contributed by atoms with Gasteiger partial charge in [0.1, 0.15) is 11.3 Å². The van der Waals surface area contributed by atoms with Crippen molar-refractivity contribution in [2.24, 2.45) is 0 Å². The highest BCUT2D eigenvalue weighted by atomic mass is 16.5. The number of nitrogens with one attached hydrogen (secondary N) is 1. The number of hydrogen-bond donors (Lipinski definition) is 2. The van der Waals surface area contributed by atoms with E-state index in [4.69, 9.17) is 9.15 Å². The van der Waals surface area contributed by atoms with Crippen molar-refractivity contribution in [3.8, 4) is 5.75 Å². The average Bonchev–Trinajstić information content (AvgIpc) is 2.57. The maximum Gasteiger partial charge on any atom is 0.336 e. The van der Waals surface area contributed by atoms with Crippen LogP contribution in [0.3, 0.4) is 0 Å². The van der Waals surface area contributed by atoms with Crippen molar-refractivity contribution in [2.45, 2.75) is 45.1 Å². The standard InChI is InChI=1S/C19H25NO5/c1-3-4-5-17(21)20-13-19(2,23)10-11-24-15-8-6-14-7-9-18(22)25-16(14)12-15/h6-9,12,23H,3-5,10-11,13H2,1-2H3,(H,20,21). The maximum absolute atomic E-state index is 11.6. The van der Waals surface area contributed by atoms with Crippen molar-refractivity contribution < 1.29 is 19.1 Å². The number of ether oxygens (including phenoxy) is 1. The van der Waals surface area contributed by atoms with Gasteiger partial charge in [0, 0.05) is 36.9 Å². The van der Waals surface area contributed by atoms with Crippen molar-refractivity contribution in [3.63, 3.8) is 0 Å². The molecule has 1 atom stereocenters. The number of benzene rings is 1. The average molecular weight is 347 g/mol. The lowest BCUT2D eigenvalue weighted by Gasteiger charge is -2.23. The molecule has 0 spiro atoms. The Morgan fingerprint density at radius 1 is 1.32 bits per heavy atom. The van der Waals surface area contributed by atoms with Gasteiger partial charge in [0.05, 0.1) is 12.2 Å². The highest BCUT2D eigenvalue weighted by molar-refractivity contribution is 5.77. The fourth-order valence-electron chi connectivity index (χ4n) is 2.32. The summed E-state index contributed by atoms with van der Waals surface area (Å²) in [5, 5.41) is 13.9. The molecule has 0 saturated heterocycles. The monoisotopic (exact) mass is 347 g/mol. The number of amides is 1. The van der Waals surface area contributed by atoms with Gasteiger partial charge in [-0.1, -0.05) is 13.3 Å². The molecule has 0 radical (unpaired) electrons. The molecule has 1 aromatic carbocycles. The second kappa shape index (κ2) is 8.67. The Morgan fingerprint density at radius 2 is 2.08 bits per heavy atom. The molecule has 1 heterocycles. The smallest absolute Gasteiger partial charge is 0.336 e. The van der Waals surface area contributed by atoms with Gasteiger partial charge in [0.15, 0.2) is 0 Å². The first-order chi connectivity index (χ1) is 11.9. The molecule has 0 fully saturated rings. The van der Waals surface area contributed by atoms with Crippen LogP contribution in [0.2, 0.25) is 0 Å². The Hall–Kier alpha value is -2.34. The summed E-state index contributed by atoms with van der Waals surface area (Å²) >= 11 is 0. The highest BCUT2D eigenvalue weighted by Gasteiger charge is 2.21. The van der Waals surface area contributed by atoms with Crippen LogP contribution < -0.4 is 15.7 Å². The lowest BCUT2D eigenvalue weighted by molar-refractivity contribution is -0.122. The number of rotatable bonds is 9. The second-order valence-electron chi connectivity index (χ2n) is 6.43. The van der Waals surface area contributed by atoms with Gasteiger partial charge in [-0.05, 0) is 31.5 Å². The predicted molar refractivity (Wildman–Crippen MR) is 95.8 cm³/mol. The van der Waals surface area contributed by atoms with Crippen LogP contribution in [0, 0.1) is 0 Å². The minimum Gasteiger partial charge on any atom is -0.493 e. The Labute approximate surface area is 146 Å². The Bertz CT molecular complexity index is 766. The van der Waals surface area contributed by atoms with Crippen molar-refractivity contribution in [1.29, 1.82) is 0 Å². The van der Waals surface area contributed by atoms with Crippen molar-refractivity contribution in [1.82, 2.24) is 5.32 Å². The SMILES string of the molecule is CCCCC(=O)NCC(C)(O)CCOc1ccc2ccc(=O)oc2c1. The number of carbonyl (C=O) groups is 1. The Balaban J connectivity index is 1.82. The molecule has 0 aliphatic heterocycles. The first-order valence-electron chi connectivity index (χ1n) is 8.55. The van der Waals surface area contributed by atoms with E-state index in [2.05, 4.69) is 5.32 Å². The van der Waals surface area contributed by atoms with E-state index in [9.17, 15) is 14.7 Å². The summed E-state index contributed by atoms with van der Waals surface area (Å²) in [6.07, 6.45) is 2.64. The number of hydrogen-bond acceptors (Lipinski definition) is 5. The van der Waals surface area contributed by atoms with Crippen LogP contribution in [0.4, 0.5) is 0 Å². The lowest BCUT2D eigenvalue weighted by atomic mass is 10.0. The number of carbonyl (C=O) groups excluding carboxylic acids is 1. The first kappa shape index (κ1) is 19.0. The largest absolute Gasteiger partial charge is 0.493 e. The third-order valence-electron chi connectivity index (χ3n) is 3.93. The van der Waals surface area contributed by atoms with Gasteiger partial charge in [-0.3, -0.25) is 4.79 Å². The topological polar surface area (TPSA) is 88.8 Å². The zero-order chi connectivity index (χ0) is 18.3. The molecule has 0 aliphatic carbocycles. The first-order valence-corrected chi connectivity index (χ1v) is 8.55. The molecule has 0 saturated carbocycles. The molecule has 6 heteroatoms. The summed E-state index contributed by atoms with van der Waals surface area (Å²) in [6, 6.07) is 8.30. The second-order valence-corrected chi connectivity index (χ2v) is 6.43. The molecule has 1 aromatic heterocycles. The van der Waals surface area contributed by atoms with E-state index in [0.717, 1.165) is 18.2 Å². The number of fused-ring (bicyclic) bond motifs is 1. The van der Waals surface area contributed by atoms with E-state index in [-0.39, 0.29) is 19.1 Å². The number of unbranched alkanes of at least 4 members (excludes halogenated alkanes) is 1. The van der Waals surface area contributed by atoms with Gasteiger partial charge in [0.2, 0.25) is 5.91 Å². The van der Waals surface area contributed by atoms with Crippen molar-refractivity contribution >= 4 is 16.9 Å². The van der Waals surface area contributed by atoms with Gasteiger partial charge in [0.25, 0.3) is 0 Å². The quantitative estimate of drug-likeness (QED) is 0.681. The fraction of sp³-hybridized carbons (Fsp3) is 0.474. The number of aliphatic hydroxyl groups is 1. The van der Waals surface area contributed by atoms with Gasteiger partial charge in [-0.15, -0.1) is 0 Å².